The van der Waals surface area contributed by atoms with E-state index in [9.17, 15) is 0 Å². The van der Waals surface area contributed by atoms with Crippen LogP contribution in [0.5, 0.6) is 0 Å². The van der Waals surface area contributed by atoms with E-state index in [1.807, 2.05) is 30.3 Å². The molecule has 8 heteroatoms. The van der Waals surface area contributed by atoms with Gasteiger partial charge >= 0.3 is 9.05 Å². The lowest BCUT2D eigenvalue weighted by molar-refractivity contribution is -0.386. The molecule has 1 aromatic rings. The van der Waals surface area contributed by atoms with Gasteiger partial charge in [0.25, 0.3) is 0 Å². The highest BCUT2D eigenvalue weighted by atomic mass is 28.4. The van der Waals surface area contributed by atoms with Gasteiger partial charge in [-0.1, -0.05) is 30.3 Å². The maximum Gasteiger partial charge on any atom is 0.764 e. The maximum absolute atomic E-state index is 5.62. The molecule has 0 amide bonds. The topological polar surface area (TPSA) is 64.6 Å². The fourth-order valence-electron chi connectivity index (χ4n) is 1.25. The predicted molar refractivity (Wildman–Crippen MR) is 75.1 cm³/mol. The minimum Gasteiger partial charge on any atom is -0.343 e. The highest BCUT2D eigenvalue weighted by Crippen LogP contribution is 2.16. The van der Waals surface area contributed by atoms with Gasteiger partial charge in [0, 0.05) is 0 Å². The molecule has 0 saturated carbocycles. The predicted octanol–water partition coefficient (Wildman–Crippen LogP) is 2.54. The van der Waals surface area contributed by atoms with Crippen LogP contribution in [0.1, 0.15) is 26.3 Å². The van der Waals surface area contributed by atoms with Gasteiger partial charge in [-0.2, -0.15) is 13.7 Å². The minimum absolute atomic E-state index is 0.209. The summed E-state index contributed by atoms with van der Waals surface area (Å²) in [4.78, 5) is 14.7. The monoisotopic (exact) mass is 318 g/mol. The normalized spacial score (nSPS) is 11.8. The highest BCUT2D eigenvalue weighted by Gasteiger charge is 2.52. The molecule has 0 aliphatic carbocycles. The van der Waals surface area contributed by atoms with Gasteiger partial charge in [0.1, 0.15) is 0 Å². The second kappa shape index (κ2) is 10.8. The number of hydrogen-bond donors (Lipinski definition) is 0. The average Bonchev–Trinajstić information content (AvgIpc) is 2.54. The Hall–Kier alpha value is -0.843. The lowest BCUT2D eigenvalue weighted by Gasteiger charge is -2.23. The Kier molecular flexibility index (Phi) is 9.38. The molecule has 120 valence electrons. The summed E-state index contributed by atoms with van der Waals surface area (Å²) in [6.07, 6.45) is 0. The van der Waals surface area contributed by atoms with Crippen molar-refractivity contribution in [1.82, 2.24) is 0 Å². The lowest BCUT2D eigenvalue weighted by Crippen LogP contribution is -2.49. The Bertz CT molecular complexity index is 341. The lowest BCUT2D eigenvalue weighted by atomic mass is 10.2. The molecule has 0 spiro atoms. The summed E-state index contributed by atoms with van der Waals surface area (Å²) in [5, 5.41) is 0. The maximum atomic E-state index is 5.62. The van der Waals surface area contributed by atoms with E-state index in [0.717, 1.165) is 5.56 Å². The van der Waals surface area contributed by atoms with Crippen LogP contribution in [0.4, 0.5) is 0 Å². The molecule has 0 saturated heterocycles. The van der Waals surface area contributed by atoms with Crippen LogP contribution < -0.4 is 0 Å². The van der Waals surface area contributed by atoms with Crippen LogP contribution in [0.15, 0.2) is 30.3 Å². The van der Waals surface area contributed by atoms with E-state index in [1.54, 1.807) is 20.8 Å². The van der Waals surface area contributed by atoms with Gasteiger partial charge in [-0.25, -0.2) is 14.7 Å². The van der Waals surface area contributed by atoms with Crippen molar-refractivity contribution in [3.63, 3.8) is 0 Å². The van der Waals surface area contributed by atoms with Crippen molar-refractivity contribution < 1.29 is 32.8 Å². The Morgan fingerprint density at radius 2 is 1.24 bits per heavy atom. The Morgan fingerprint density at radius 3 is 1.67 bits per heavy atom. The first-order valence-electron chi connectivity index (χ1n) is 6.86. The van der Waals surface area contributed by atoms with Crippen LogP contribution in [-0.4, -0.2) is 28.9 Å². The minimum atomic E-state index is -3.71. The molecule has 0 aliphatic rings. The molecule has 0 unspecified atom stereocenters. The summed E-state index contributed by atoms with van der Waals surface area (Å²) in [5.41, 5.74) is 0.926. The third-order valence-corrected chi connectivity index (χ3v) is 3.56. The molecular weight excluding hydrogens is 296 g/mol. The zero-order valence-electron chi connectivity index (χ0n) is 12.6. The molecule has 0 radical (unpaired) electrons. The van der Waals surface area contributed by atoms with E-state index in [0.29, 0.717) is 19.8 Å². The SMILES string of the molecule is CCOO[Si](OCc1ccccc1)(OOCC)OOCC. The summed E-state index contributed by atoms with van der Waals surface area (Å²) in [6.45, 7) is 6.39. The summed E-state index contributed by atoms with van der Waals surface area (Å²) in [7, 11) is -3.71. The van der Waals surface area contributed by atoms with Crippen LogP contribution in [0.2, 0.25) is 0 Å². The van der Waals surface area contributed by atoms with Crippen molar-refractivity contribution in [2.24, 2.45) is 0 Å². The zero-order chi connectivity index (χ0) is 15.4. The summed E-state index contributed by atoms with van der Waals surface area (Å²) < 4.78 is 21.0. The van der Waals surface area contributed by atoms with E-state index < -0.39 is 9.05 Å². The van der Waals surface area contributed by atoms with E-state index >= 15 is 0 Å². The van der Waals surface area contributed by atoms with Crippen molar-refractivity contribution in [3.05, 3.63) is 35.9 Å². The third-order valence-electron chi connectivity index (χ3n) is 2.09. The van der Waals surface area contributed by atoms with Crippen molar-refractivity contribution in [2.75, 3.05) is 19.8 Å². The molecule has 0 bridgehead atoms. The van der Waals surface area contributed by atoms with Crippen molar-refractivity contribution in [2.45, 2.75) is 27.4 Å². The van der Waals surface area contributed by atoms with Gasteiger partial charge in [-0.3, -0.25) is 0 Å². The molecule has 1 rings (SSSR count). The third kappa shape index (κ3) is 7.11. The first-order valence-corrected chi connectivity index (χ1v) is 8.49. The van der Waals surface area contributed by atoms with Gasteiger partial charge < -0.3 is 4.43 Å². The molecule has 1 aromatic carbocycles. The summed E-state index contributed by atoms with van der Waals surface area (Å²) in [5.74, 6) is 0. The van der Waals surface area contributed by atoms with E-state index in [2.05, 4.69) is 0 Å². The van der Waals surface area contributed by atoms with Gasteiger partial charge in [0.15, 0.2) is 0 Å². The molecule has 0 fully saturated rings. The Morgan fingerprint density at radius 1 is 0.762 bits per heavy atom. The first kappa shape index (κ1) is 18.2. The highest BCUT2D eigenvalue weighted by molar-refractivity contribution is 6.52. The van der Waals surface area contributed by atoms with Crippen LogP contribution in [0.3, 0.4) is 0 Å². The second-order valence-corrected chi connectivity index (χ2v) is 5.53. The molecule has 0 heterocycles. The van der Waals surface area contributed by atoms with Crippen LogP contribution in [0, 0.1) is 0 Å². The van der Waals surface area contributed by atoms with Gasteiger partial charge in [-0.15, -0.1) is 0 Å². The van der Waals surface area contributed by atoms with Gasteiger partial charge in [-0.05, 0) is 26.3 Å². The molecule has 0 atom stereocenters. The summed E-state index contributed by atoms with van der Waals surface area (Å²) >= 11 is 0. The molecule has 21 heavy (non-hydrogen) atoms. The van der Waals surface area contributed by atoms with Crippen LogP contribution in [0.25, 0.3) is 0 Å². The van der Waals surface area contributed by atoms with Crippen molar-refractivity contribution in [3.8, 4) is 0 Å². The Balaban J connectivity index is 2.69. The largest absolute Gasteiger partial charge is 0.764 e. The van der Waals surface area contributed by atoms with Crippen LogP contribution in [-0.2, 0) is 39.4 Å². The van der Waals surface area contributed by atoms with Gasteiger partial charge in [0.2, 0.25) is 0 Å². The van der Waals surface area contributed by atoms with E-state index in [1.165, 1.54) is 0 Å². The van der Waals surface area contributed by atoms with Gasteiger partial charge in [0.05, 0.1) is 26.4 Å². The van der Waals surface area contributed by atoms with E-state index in [-0.39, 0.29) is 6.61 Å². The smallest absolute Gasteiger partial charge is 0.343 e. The van der Waals surface area contributed by atoms with Crippen LogP contribution >= 0.6 is 0 Å². The molecule has 0 aliphatic heterocycles. The number of rotatable bonds is 12. The molecule has 7 nitrogen and oxygen atoms in total. The fraction of sp³-hybridized carbons (Fsp3) is 0.538. The number of hydrogen-bond acceptors (Lipinski definition) is 7. The second-order valence-electron chi connectivity index (χ2n) is 3.74. The van der Waals surface area contributed by atoms with Crippen molar-refractivity contribution in [1.29, 1.82) is 0 Å². The fourth-order valence-corrected chi connectivity index (χ4v) is 2.61. The quantitative estimate of drug-likeness (QED) is 0.333. The average molecular weight is 318 g/mol. The molecule has 0 N–H and O–H groups in total. The van der Waals surface area contributed by atoms with Crippen molar-refractivity contribution >= 4 is 9.05 Å². The Labute approximate surface area is 125 Å². The standard InChI is InChI=1S/C13H22O7Si/c1-4-14-18-21(19-15-5-2,20-16-6-3)17-12-13-10-8-7-9-11-13/h7-11H,4-6,12H2,1-3H3. The number of benzene rings is 1. The first-order chi connectivity index (χ1) is 10.3. The molecule has 0 aromatic heterocycles. The molecular formula is C13H22O7Si. The van der Waals surface area contributed by atoms with E-state index in [4.69, 9.17) is 32.8 Å². The summed E-state index contributed by atoms with van der Waals surface area (Å²) in [6, 6.07) is 9.52. The zero-order valence-corrected chi connectivity index (χ0v) is 13.6.